The van der Waals surface area contributed by atoms with E-state index in [-0.39, 0.29) is 0 Å². The van der Waals surface area contributed by atoms with Gasteiger partial charge in [-0.15, -0.1) is 0 Å². The number of phenolic OH excluding ortho intramolecular Hbond substituents is 1. The molecule has 0 amide bonds. The van der Waals surface area contributed by atoms with E-state index in [1.54, 1.807) is 6.07 Å². The summed E-state index contributed by atoms with van der Waals surface area (Å²) in [5, 5.41) is 10.9. The van der Waals surface area contributed by atoms with Crippen molar-refractivity contribution in [2.45, 2.75) is 6.54 Å². The number of aromatic hydroxyl groups is 1. The lowest BCUT2D eigenvalue weighted by atomic mass is 10.2. The molecule has 1 aliphatic heterocycles. The third-order valence-corrected chi connectivity index (χ3v) is 4.64. The van der Waals surface area contributed by atoms with E-state index in [2.05, 4.69) is 19.8 Å². The molecule has 6 heteroatoms. The van der Waals surface area contributed by atoms with Crippen LogP contribution in [0.25, 0.3) is 10.9 Å². The van der Waals surface area contributed by atoms with E-state index in [1.165, 1.54) is 0 Å². The van der Waals surface area contributed by atoms with Gasteiger partial charge >= 0.3 is 0 Å². The molecule has 4 rings (SSSR count). The largest absolute Gasteiger partial charge is 0.506 e. The lowest BCUT2D eigenvalue weighted by molar-refractivity contribution is 0.244. The summed E-state index contributed by atoms with van der Waals surface area (Å²) in [6.07, 6.45) is 0. The minimum atomic E-state index is 0.335. The Balaban J connectivity index is 1.44. The average Bonchev–Trinajstić information content (AvgIpc) is 2.63. The van der Waals surface area contributed by atoms with Gasteiger partial charge in [0.05, 0.1) is 17.7 Å². The first kappa shape index (κ1) is 15.7. The fraction of sp³-hybridized carbons (Fsp3) is 0.263. The van der Waals surface area contributed by atoms with E-state index in [1.807, 2.05) is 42.5 Å². The molecule has 3 aromatic rings. The average molecular weight is 335 g/mol. The number of nitrogens with two attached hydrogens (primary N) is 1. The van der Waals surface area contributed by atoms with Crippen LogP contribution in [0.1, 0.15) is 5.82 Å². The van der Waals surface area contributed by atoms with Crippen molar-refractivity contribution >= 4 is 22.4 Å². The smallest absolute Gasteiger partial charge is 0.145 e. The Morgan fingerprint density at radius 2 is 1.64 bits per heavy atom. The Morgan fingerprint density at radius 1 is 0.920 bits per heavy atom. The molecule has 3 N–H and O–H groups in total. The summed E-state index contributed by atoms with van der Waals surface area (Å²) in [5.41, 5.74) is 7.85. The minimum absolute atomic E-state index is 0.335. The van der Waals surface area contributed by atoms with Crippen LogP contribution in [-0.4, -0.2) is 46.2 Å². The standard InChI is InChI=1S/C19H21N5O/c20-19-14-5-1-2-6-15(14)21-18(22-19)13-23-9-11-24(12-10-23)16-7-3-4-8-17(16)25/h1-8,25H,9-13H2,(H2,20,21,22). The summed E-state index contributed by atoms with van der Waals surface area (Å²) >= 11 is 0. The molecule has 0 aliphatic carbocycles. The number of aromatic nitrogens is 2. The maximum atomic E-state index is 10.0. The summed E-state index contributed by atoms with van der Waals surface area (Å²) in [7, 11) is 0. The van der Waals surface area contributed by atoms with Gasteiger partial charge in [-0.3, -0.25) is 4.90 Å². The van der Waals surface area contributed by atoms with Gasteiger partial charge in [-0.2, -0.15) is 0 Å². The highest BCUT2D eigenvalue weighted by atomic mass is 16.3. The van der Waals surface area contributed by atoms with Crippen LogP contribution < -0.4 is 10.6 Å². The van der Waals surface area contributed by atoms with Gasteiger partial charge in [-0.1, -0.05) is 24.3 Å². The lowest BCUT2D eigenvalue weighted by Gasteiger charge is -2.36. The molecule has 1 aromatic heterocycles. The van der Waals surface area contributed by atoms with Gasteiger partial charge in [0.15, 0.2) is 0 Å². The highest BCUT2D eigenvalue weighted by Crippen LogP contribution is 2.27. The topological polar surface area (TPSA) is 78.5 Å². The fourth-order valence-corrected chi connectivity index (χ4v) is 3.30. The van der Waals surface area contributed by atoms with Crippen LogP contribution >= 0.6 is 0 Å². The second-order valence-corrected chi connectivity index (χ2v) is 6.29. The first-order valence-corrected chi connectivity index (χ1v) is 8.47. The Morgan fingerprint density at radius 3 is 2.44 bits per heavy atom. The van der Waals surface area contributed by atoms with E-state index in [9.17, 15) is 5.11 Å². The molecule has 0 unspecified atom stereocenters. The van der Waals surface area contributed by atoms with Gasteiger partial charge in [0.25, 0.3) is 0 Å². The van der Waals surface area contributed by atoms with Gasteiger partial charge in [0.2, 0.25) is 0 Å². The molecule has 0 spiro atoms. The summed E-state index contributed by atoms with van der Waals surface area (Å²) in [6.45, 7) is 4.19. The Labute approximate surface area is 146 Å². The van der Waals surface area contributed by atoms with Crippen molar-refractivity contribution < 1.29 is 5.11 Å². The second-order valence-electron chi connectivity index (χ2n) is 6.29. The van der Waals surface area contributed by atoms with E-state index >= 15 is 0 Å². The van der Waals surface area contributed by atoms with E-state index in [4.69, 9.17) is 5.73 Å². The second kappa shape index (κ2) is 6.57. The van der Waals surface area contributed by atoms with Crippen LogP contribution in [0.3, 0.4) is 0 Å². The predicted molar refractivity (Wildman–Crippen MR) is 99.5 cm³/mol. The zero-order valence-corrected chi connectivity index (χ0v) is 14.0. The summed E-state index contributed by atoms with van der Waals surface area (Å²) < 4.78 is 0. The number of nitrogen functional groups attached to an aromatic ring is 1. The SMILES string of the molecule is Nc1nc(CN2CCN(c3ccccc3O)CC2)nc2ccccc12. The van der Waals surface area contributed by atoms with Gasteiger partial charge in [0.1, 0.15) is 17.4 Å². The van der Waals surface area contributed by atoms with Crippen LogP contribution in [0.5, 0.6) is 5.75 Å². The lowest BCUT2D eigenvalue weighted by Crippen LogP contribution is -2.46. The van der Waals surface area contributed by atoms with Crippen LogP contribution in [-0.2, 0) is 6.54 Å². The summed E-state index contributed by atoms with van der Waals surface area (Å²) in [4.78, 5) is 13.6. The molecule has 1 saturated heterocycles. The first-order valence-electron chi connectivity index (χ1n) is 8.47. The Hall–Kier alpha value is -2.86. The van der Waals surface area contributed by atoms with E-state index in [0.717, 1.165) is 48.6 Å². The molecule has 1 aliphatic rings. The maximum Gasteiger partial charge on any atom is 0.145 e. The van der Waals surface area contributed by atoms with Crippen molar-refractivity contribution in [3.05, 3.63) is 54.4 Å². The zero-order valence-electron chi connectivity index (χ0n) is 14.0. The zero-order chi connectivity index (χ0) is 17.2. The highest BCUT2D eigenvalue weighted by Gasteiger charge is 2.20. The number of hydrogen-bond donors (Lipinski definition) is 2. The van der Waals surface area contributed by atoms with Crippen molar-refractivity contribution in [1.82, 2.24) is 14.9 Å². The number of nitrogens with zero attached hydrogens (tertiary/aromatic N) is 4. The fourth-order valence-electron chi connectivity index (χ4n) is 3.30. The molecule has 25 heavy (non-hydrogen) atoms. The van der Waals surface area contributed by atoms with Crippen molar-refractivity contribution in [3.8, 4) is 5.75 Å². The molecule has 6 nitrogen and oxygen atoms in total. The molecule has 1 fully saturated rings. The molecule has 0 atom stereocenters. The van der Waals surface area contributed by atoms with Gasteiger partial charge in [-0.25, -0.2) is 9.97 Å². The van der Waals surface area contributed by atoms with Crippen molar-refractivity contribution in [2.24, 2.45) is 0 Å². The molecule has 128 valence electrons. The van der Waals surface area contributed by atoms with Gasteiger partial charge in [-0.05, 0) is 24.3 Å². The number of benzene rings is 2. The first-order chi connectivity index (χ1) is 12.2. The van der Waals surface area contributed by atoms with Crippen LogP contribution in [0.2, 0.25) is 0 Å². The third kappa shape index (κ3) is 3.21. The normalized spacial score (nSPS) is 15.6. The minimum Gasteiger partial charge on any atom is -0.506 e. The molecule has 0 saturated carbocycles. The van der Waals surface area contributed by atoms with Crippen LogP contribution in [0.4, 0.5) is 11.5 Å². The number of hydrogen-bond acceptors (Lipinski definition) is 6. The Kier molecular flexibility index (Phi) is 4.11. The molecule has 0 bridgehead atoms. The Bertz CT molecular complexity index is 890. The summed E-state index contributed by atoms with van der Waals surface area (Å²) in [5.74, 6) is 1.63. The van der Waals surface area contributed by atoms with Crippen LogP contribution in [0, 0.1) is 0 Å². The number of para-hydroxylation sites is 3. The number of piperazine rings is 1. The maximum absolute atomic E-state index is 10.0. The van der Waals surface area contributed by atoms with Crippen molar-refractivity contribution in [3.63, 3.8) is 0 Å². The molecule has 2 heterocycles. The number of fused-ring (bicyclic) bond motifs is 1. The third-order valence-electron chi connectivity index (χ3n) is 4.64. The number of rotatable bonds is 3. The van der Waals surface area contributed by atoms with Gasteiger partial charge in [0, 0.05) is 31.6 Å². The quantitative estimate of drug-likeness (QED) is 0.764. The molecule has 2 aromatic carbocycles. The number of phenols is 1. The predicted octanol–water partition coefficient (Wildman–Crippen LogP) is 2.24. The molecular formula is C19H21N5O. The van der Waals surface area contributed by atoms with E-state index in [0.29, 0.717) is 18.1 Å². The molecule has 0 radical (unpaired) electrons. The van der Waals surface area contributed by atoms with Gasteiger partial charge < -0.3 is 15.7 Å². The van der Waals surface area contributed by atoms with Crippen molar-refractivity contribution in [1.29, 1.82) is 0 Å². The van der Waals surface area contributed by atoms with Crippen molar-refractivity contribution in [2.75, 3.05) is 36.8 Å². The van der Waals surface area contributed by atoms with Crippen LogP contribution in [0.15, 0.2) is 48.5 Å². The number of anilines is 2. The van der Waals surface area contributed by atoms with E-state index < -0.39 is 0 Å². The molecular weight excluding hydrogens is 314 g/mol. The summed E-state index contributed by atoms with van der Waals surface area (Å²) in [6, 6.07) is 15.3. The monoisotopic (exact) mass is 335 g/mol. The highest BCUT2D eigenvalue weighted by molar-refractivity contribution is 5.87.